The Hall–Kier alpha value is -3.51. The van der Waals surface area contributed by atoms with Gasteiger partial charge in [-0.25, -0.2) is 4.79 Å². The van der Waals surface area contributed by atoms with E-state index in [1.807, 2.05) is 32.0 Å². The molecule has 196 valence electrons. The van der Waals surface area contributed by atoms with Crippen LogP contribution in [0.4, 0.5) is 5.69 Å². The number of methoxy groups -OCH3 is 1. The van der Waals surface area contributed by atoms with Crippen molar-refractivity contribution in [2.75, 3.05) is 19.0 Å². The van der Waals surface area contributed by atoms with Gasteiger partial charge in [0.1, 0.15) is 23.2 Å². The summed E-state index contributed by atoms with van der Waals surface area (Å²) in [5, 5.41) is 3.50. The van der Waals surface area contributed by atoms with Crippen LogP contribution in [0, 0.1) is 6.92 Å². The molecule has 0 aliphatic carbocycles. The molecule has 0 bridgehead atoms. The highest BCUT2D eigenvalue weighted by molar-refractivity contribution is 5.89. The van der Waals surface area contributed by atoms with E-state index in [4.69, 9.17) is 18.9 Å². The Kier molecular flexibility index (Phi) is 8.39. The molecule has 4 rings (SSSR count). The lowest BCUT2D eigenvalue weighted by molar-refractivity contribution is -0.140. The number of carbonyl (C=O) groups excluding carboxylic acids is 1. The highest BCUT2D eigenvalue weighted by Crippen LogP contribution is 2.44. The zero-order valence-corrected chi connectivity index (χ0v) is 22.4. The SMILES string of the molecule is CCCCOC1c2cc(NCc3ccc(C)cc3)ccc2OC(C)(C)C1OC(=O)c1ccc(OC)cc1. The smallest absolute Gasteiger partial charge is 0.338 e. The number of ether oxygens (including phenoxy) is 4. The van der Waals surface area contributed by atoms with E-state index in [1.165, 1.54) is 11.1 Å². The minimum Gasteiger partial charge on any atom is -0.497 e. The zero-order valence-electron chi connectivity index (χ0n) is 22.4. The first kappa shape index (κ1) is 26.6. The van der Waals surface area contributed by atoms with Crippen LogP contribution in [-0.2, 0) is 16.0 Å². The van der Waals surface area contributed by atoms with E-state index in [2.05, 4.69) is 43.4 Å². The molecule has 0 aromatic heterocycles. The lowest BCUT2D eigenvalue weighted by atomic mass is 9.87. The number of aryl methyl sites for hydroxylation is 1. The minimum absolute atomic E-state index is 0.425. The Morgan fingerprint density at radius 1 is 1.03 bits per heavy atom. The Balaban J connectivity index is 1.59. The third kappa shape index (κ3) is 6.44. The molecule has 2 atom stereocenters. The van der Waals surface area contributed by atoms with Gasteiger partial charge >= 0.3 is 5.97 Å². The van der Waals surface area contributed by atoms with Crippen molar-refractivity contribution in [3.05, 3.63) is 89.0 Å². The minimum atomic E-state index is -0.789. The number of hydrogen-bond acceptors (Lipinski definition) is 6. The molecular formula is C31H37NO5. The molecule has 0 saturated carbocycles. The van der Waals surface area contributed by atoms with Gasteiger partial charge in [0.05, 0.1) is 12.7 Å². The Morgan fingerprint density at radius 2 is 1.76 bits per heavy atom. The second kappa shape index (κ2) is 11.7. The van der Waals surface area contributed by atoms with E-state index in [9.17, 15) is 4.79 Å². The van der Waals surface area contributed by atoms with E-state index in [0.717, 1.165) is 29.8 Å². The van der Waals surface area contributed by atoms with Crippen LogP contribution in [0.15, 0.2) is 66.7 Å². The highest BCUT2D eigenvalue weighted by atomic mass is 16.6. The van der Waals surface area contributed by atoms with Crippen molar-refractivity contribution in [1.82, 2.24) is 0 Å². The molecule has 0 saturated heterocycles. The largest absolute Gasteiger partial charge is 0.497 e. The van der Waals surface area contributed by atoms with Crippen LogP contribution < -0.4 is 14.8 Å². The van der Waals surface area contributed by atoms with Crippen molar-refractivity contribution in [2.45, 2.75) is 64.9 Å². The topological polar surface area (TPSA) is 66.0 Å². The molecule has 1 heterocycles. The summed E-state index contributed by atoms with van der Waals surface area (Å²) in [6.45, 7) is 9.33. The van der Waals surface area contributed by atoms with Crippen LogP contribution in [-0.4, -0.2) is 31.4 Å². The third-order valence-corrected chi connectivity index (χ3v) is 6.62. The van der Waals surface area contributed by atoms with Gasteiger partial charge in [-0.15, -0.1) is 0 Å². The molecule has 2 unspecified atom stereocenters. The maximum atomic E-state index is 13.2. The number of carbonyl (C=O) groups is 1. The number of fused-ring (bicyclic) bond motifs is 1. The molecule has 1 N–H and O–H groups in total. The van der Waals surface area contributed by atoms with Crippen LogP contribution in [0.5, 0.6) is 11.5 Å². The number of hydrogen-bond donors (Lipinski definition) is 1. The zero-order chi connectivity index (χ0) is 26.4. The van der Waals surface area contributed by atoms with Gasteiger partial charge in [-0.1, -0.05) is 43.2 Å². The number of benzene rings is 3. The van der Waals surface area contributed by atoms with Gasteiger partial charge in [0.25, 0.3) is 0 Å². The first-order valence-electron chi connectivity index (χ1n) is 12.9. The van der Waals surface area contributed by atoms with E-state index >= 15 is 0 Å². The van der Waals surface area contributed by atoms with Crippen molar-refractivity contribution in [1.29, 1.82) is 0 Å². The Labute approximate surface area is 219 Å². The molecule has 0 spiro atoms. The fraction of sp³-hybridized carbons (Fsp3) is 0.387. The fourth-order valence-corrected chi connectivity index (χ4v) is 4.40. The molecule has 6 heteroatoms. The summed E-state index contributed by atoms with van der Waals surface area (Å²) in [6.07, 6.45) is 0.818. The predicted octanol–water partition coefficient (Wildman–Crippen LogP) is 6.87. The molecule has 3 aromatic rings. The number of esters is 1. The standard InChI is InChI=1S/C31H37NO5/c1-6-7-18-35-28-26-19-24(32-20-22-10-8-21(2)9-11-22)14-17-27(26)37-31(3,4)29(28)36-30(33)23-12-15-25(34-5)16-13-23/h8-17,19,28-29,32H,6-7,18,20H2,1-5H3. The number of anilines is 1. The van der Waals surface area contributed by atoms with Gasteiger partial charge < -0.3 is 24.3 Å². The summed E-state index contributed by atoms with van der Waals surface area (Å²) in [5.41, 5.74) is 3.91. The maximum absolute atomic E-state index is 13.2. The quantitative estimate of drug-likeness (QED) is 0.241. The van der Waals surface area contributed by atoms with Gasteiger partial charge in [-0.2, -0.15) is 0 Å². The van der Waals surface area contributed by atoms with Gasteiger partial charge in [-0.05, 0) is 75.2 Å². The molecule has 3 aromatic carbocycles. The second-order valence-corrected chi connectivity index (χ2v) is 10.00. The molecular weight excluding hydrogens is 466 g/mol. The molecule has 0 amide bonds. The molecule has 0 radical (unpaired) electrons. The molecule has 37 heavy (non-hydrogen) atoms. The summed E-state index contributed by atoms with van der Waals surface area (Å²) in [7, 11) is 1.59. The van der Waals surface area contributed by atoms with Gasteiger partial charge in [0, 0.05) is 24.4 Å². The lowest BCUT2D eigenvalue weighted by Gasteiger charge is -2.43. The summed E-state index contributed by atoms with van der Waals surface area (Å²) in [5.74, 6) is 0.993. The van der Waals surface area contributed by atoms with Crippen molar-refractivity contribution >= 4 is 11.7 Å². The summed E-state index contributed by atoms with van der Waals surface area (Å²) >= 11 is 0. The van der Waals surface area contributed by atoms with Crippen molar-refractivity contribution in [3.8, 4) is 11.5 Å². The van der Waals surface area contributed by atoms with E-state index in [-0.39, 0.29) is 0 Å². The predicted molar refractivity (Wildman–Crippen MR) is 145 cm³/mol. The second-order valence-electron chi connectivity index (χ2n) is 10.00. The van der Waals surface area contributed by atoms with Gasteiger partial charge in [0.2, 0.25) is 0 Å². The summed E-state index contributed by atoms with van der Waals surface area (Å²) in [6, 6.07) is 21.4. The van der Waals surface area contributed by atoms with E-state index < -0.39 is 23.8 Å². The first-order valence-corrected chi connectivity index (χ1v) is 12.9. The van der Waals surface area contributed by atoms with Gasteiger partial charge in [0.15, 0.2) is 6.10 Å². The number of nitrogens with one attached hydrogen (secondary N) is 1. The molecule has 0 fully saturated rings. The van der Waals surface area contributed by atoms with Crippen molar-refractivity contribution in [3.63, 3.8) is 0 Å². The molecule has 1 aliphatic heterocycles. The third-order valence-electron chi connectivity index (χ3n) is 6.62. The molecule has 6 nitrogen and oxygen atoms in total. The summed E-state index contributed by atoms with van der Waals surface area (Å²) < 4.78 is 24.1. The molecule has 1 aliphatic rings. The van der Waals surface area contributed by atoms with Crippen LogP contribution >= 0.6 is 0 Å². The fourth-order valence-electron chi connectivity index (χ4n) is 4.40. The number of rotatable bonds is 10. The number of unbranched alkanes of at least 4 members (excludes halogenated alkanes) is 1. The van der Waals surface area contributed by atoms with Crippen molar-refractivity contribution < 1.29 is 23.7 Å². The normalized spacial score (nSPS) is 17.9. The highest BCUT2D eigenvalue weighted by Gasteiger charge is 2.47. The monoisotopic (exact) mass is 503 g/mol. The average molecular weight is 504 g/mol. The van der Waals surface area contributed by atoms with Gasteiger partial charge in [-0.3, -0.25) is 0 Å². The summed E-state index contributed by atoms with van der Waals surface area (Å²) in [4.78, 5) is 13.2. The van der Waals surface area contributed by atoms with E-state index in [0.29, 0.717) is 24.5 Å². The van der Waals surface area contributed by atoms with Crippen molar-refractivity contribution in [2.24, 2.45) is 0 Å². The lowest BCUT2D eigenvalue weighted by Crippen LogP contribution is -2.51. The maximum Gasteiger partial charge on any atom is 0.338 e. The van der Waals surface area contributed by atoms with Crippen LogP contribution in [0.3, 0.4) is 0 Å². The Morgan fingerprint density at radius 3 is 2.43 bits per heavy atom. The average Bonchev–Trinajstić information content (AvgIpc) is 2.90. The van der Waals surface area contributed by atoms with Crippen LogP contribution in [0.25, 0.3) is 0 Å². The van der Waals surface area contributed by atoms with Crippen LogP contribution in [0.2, 0.25) is 0 Å². The first-order chi connectivity index (χ1) is 17.8. The van der Waals surface area contributed by atoms with Crippen LogP contribution in [0.1, 0.15) is 66.8 Å². The Bertz CT molecular complexity index is 1190. The van der Waals surface area contributed by atoms with E-state index in [1.54, 1.807) is 31.4 Å².